The second-order valence-corrected chi connectivity index (χ2v) is 4.11. The van der Waals surface area contributed by atoms with Gasteiger partial charge in [-0.15, -0.1) is 0 Å². The van der Waals surface area contributed by atoms with Gasteiger partial charge in [-0.1, -0.05) is 6.92 Å². The van der Waals surface area contributed by atoms with Crippen LogP contribution in [0.25, 0.3) is 0 Å². The smallest absolute Gasteiger partial charge is 0.170 e. The molecule has 0 bridgehead atoms. The zero-order valence-electron chi connectivity index (χ0n) is 7.30. The van der Waals surface area contributed by atoms with Crippen molar-refractivity contribution in [1.82, 2.24) is 0 Å². The third kappa shape index (κ3) is 2.78. The summed E-state index contributed by atoms with van der Waals surface area (Å²) in [6.07, 6.45) is 4.15. The van der Waals surface area contributed by atoms with E-state index in [1.807, 2.05) is 11.5 Å². The highest BCUT2D eigenvalue weighted by molar-refractivity contribution is 7.85. The van der Waals surface area contributed by atoms with Gasteiger partial charge >= 0.3 is 0 Å². The van der Waals surface area contributed by atoms with Gasteiger partial charge in [0.25, 0.3) is 0 Å². The van der Waals surface area contributed by atoms with Gasteiger partial charge in [-0.3, -0.25) is 0 Å². The largest absolute Gasteiger partial charge is 0.744 e. The molecule has 0 aromatic carbocycles. The number of pyridine rings is 1. The molecule has 1 aromatic heterocycles. The molecule has 0 atom stereocenters. The molecule has 1 rings (SSSR count). The molecule has 0 fully saturated rings. The molecule has 0 N–H and O–H groups in total. The van der Waals surface area contributed by atoms with Crippen LogP contribution in [0.15, 0.2) is 29.4 Å². The molecular weight excluding hydrogens is 190 g/mol. The molecule has 0 aliphatic rings. The van der Waals surface area contributed by atoms with Gasteiger partial charge in [0.1, 0.15) is 16.7 Å². The minimum absolute atomic E-state index is 0.181. The van der Waals surface area contributed by atoms with Crippen LogP contribution in [0.2, 0.25) is 0 Å². The van der Waals surface area contributed by atoms with Gasteiger partial charge in [0.15, 0.2) is 12.4 Å². The molecule has 13 heavy (non-hydrogen) atoms. The standard InChI is InChI=1S/C8H11NO3S/c1-2-5-9-6-3-8(4-7-9)13(10,11)12/h3-4,6-7H,2,5H2,1H3. The summed E-state index contributed by atoms with van der Waals surface area (Å²) in [4.78, 5) is -0.181. The Bertz CT molecular complexity index is 369. The van der Waals surface area contributed by atoms with Gasteiger partial charge < -0.3 is 4.55 Å². The first kappa shape index (κ1) is 10.1. The summed E-state index contributed by atoms with van der Waals surface area (Å²) < 4.78 is 33.4. The van der Waals surface area contributed by atoms with Crippen molar-refractivity contribution >= 4 is 10.1 Å². The van der Waals surface area contributed by atoms with Crippen LogP contribution in [0.5, 0.6) is 0 Å². The van der Waals surface area contributed by atoms with Crippen molar-refractivity contribution in [2.45, 2.75) is 24.8 Å². The zero-order valence-corrected chi connectivity index (χ0v) is 8.12. The Labute approximate surface area is 77.6 Å². The molecule has 1 aromatic rings. The highest BCUT2D eigenvalue weighted by Gasteiger charge is 2.03. The van der Waals surface area contributed by atoms with Crippen molar-refractivity contribution in [3.63, 3.8) is 0 Å². The zero-order chi connectivity index (χ0) is 9.90. The number of rotatable bonds is 3. The van der Waals surface area contributed by atoms with Crippen molar-refractivity contribution in [1.29, 1.82) is 0 Å². The fraction of sp³-hybridized carbons (Fsp3) is 0.375. The van der Waals surface area contributed by atoms with Gasteiger partial charge in [-0.2, -0.15) is 0 Å². The summed E-state index contributed by atoms with van der Waals surface area (Å²) in [6.45, 7) is 2.84. The average molecular weight is 201 g/mol. The summed E-state index contributed by atoms with van der Waals surface area (Å²) in [6, 6.07) is 2.63. The molecule has 0 spiro atoms. The average Bonchev–Trinajstić information content (AvgIpc) is 2.04. The van der Waals surface area contributed by atoms with Crippen molar-refractivity contribution in [2.75, 3.05) is 0 Å². The fourth-order valence-corrected chi connectivity index (χ4v) is 1.47. The molecule has 0 saturated heterocycles. The molecule has 0 saturated carbocycles. The van der Waals surface area contributed by atoms with Crippen molar-refractivity contribution in [3.8, 4) is 0 Å². The van der Waals surface area contributed by atoms with Crippen LogP contribution in [0, 0.1) is 0 Å². The highest BCUT2D eigenvalue weighted by Crippen LogP contribution is 2.03. The summed E-state index contributed by atoms with van der Waals surface area (Å²) in [5, 5.41) is 0. The number of hydrogen-bond acceptors (Lipinski definition) is 3. The van der Waals surface area contributed by atoms with E-state index in [1.54, 1.807) is 12.4 Å². The molecule has 4 nitrogen and oxygen atoms in total. The van der Waals surface area contributed by atoms with Crippen LogP contribution >= 0.6 is 0 Å². The van der Waals surface area contributed by atoms with Crippen LogP contribution in [0.3, 0.4) is 0 Å². The first-order valence-electron chi connectivity index (χ1n) is 3.99. The lowest BCUT2D eigenvalue weighted by Gasteiger charge is -2.04. The van der Waals surface area contributed by atoms with Crippen molar-refractivity contribution < 1.29 is 17.5 Å². The number of hydrogen-bond donors (Lipinski definition) is 0. The van der Waals surface area contributed by atoms with E-state index < -0.39 is 10.1 Å². The van der Waals surface area contributed by atoms with E-state index in [0.29, 0.717) is 0 Å². The monoisotopic (exact) mass is 201 g/mol. The molecule has 0 radical (unpaired) electrons. The Hall–Kier alpha value is -0.940. The van der Waals surface area contributed by atoms with Gasteiger partial charge in [-0.25, -0.2) is 13.0 Å². The molecular formula is C8H11NO3S. The predicted octanol–water partition coefficient (Wildman–Crippen LogP) is 0.288. The van der Waals surface area contributed by atoms with Crippen molar-refractivity contribution in [2.24, 2.45) is 0 Å². The highest BCUT2D eigenvalue weighted by atomic mass is 32.2. The first-order chi connectivity index (χ1) is 6.04. The maximum absolute atomic E-state index is 10.5. The van der Waals surface area contributed by atoms with E-state index in [4.69, 9.17) is 0 Å². The van der Waals surface area contributed by atoms with E-state index in [-0.39, 0.29) is 4.90 Å². The van der Waals surface area contributed by atoms with Crippen LogP contribution in [0.4, 0.5) is 0 Å². The van der Waals surface area contributed by atoms with E-state index >= 15 is 0 Å². The topological polar surface area (TPSA) is 61.1 Å². The second-order valence-electron chi connectivity index (χ2n) is 2.73. The van der Waals surface area contributed by atoms with E-state index in [9.17, 15) is 13.0 Å². The van der Waals surface area contributed by atoms with Gasteiger partial charge in [0.05, 0.1) is 4.90 Å². The minimum atomic E-state index is -4.30. The minimum Gasteiger partial charge on any atom is -0.744 e. The predicted molar refractivity (Wildman–Crippen MR) is 44.9 cm³/mol. The van der Waals surface area contributed by atoms with Gasteiger partial charge in [0.2, 0.25) is 0 Å². The Morgan fingerprint density at radius 3 is 2.31 bits per heavy atom. The lowest BCUT2D eigenvalue weighted by molar-refractivity contribution is -0.697. The van der Waals surface area contributed by atoms with Gasteiger partial charge in [-0.05, 0) is 0 Å². The Kier molecular flexibility index (Phi) is 3.00. The molecule has 5 heteroatoms. The Balaban J connectivity index is 2.94. The summed E-state index contributed by atoms with van der Waals surface area (Å²) >= 11 is 0. The Morgan fingerprint density at radius 1 is 1.38 bits per heavy atom. The molecule has 0 aliphatic heterocycles. The number of aryl methyl sites for hydroxylation is 1. The molecule has 0 unspecified atom stereocenters. The van der Waals surface area contributed by atoms with E-state index in [1.165, 1.54) is 12.1 Å². The summed E-state index contributed by atoms with van der Waals surface area (Å²) in [5.41, 5.74) is 0. The maximum Gasteiger partial charge on any atom is 0.170 e. The second kappa shape index (κ2) is 3.85. The molecule has 0 aliphatic carbocycles. The van der Waals surface area contributed by atoms with Crippen LogP contribution in [0.1, 0.15) is 13.3 Å². The fourth-order valence-electron chi connectivity index (χ4n) is 1.02. The van der Waals surface area contributed by atoms with E-state index in [2.05, 4.69) is 0 Å². The lowest BCUT2D eigenvalue weighted by Crippen LogP contribution is -2.32. The summed E-state index contributed by atoms with van der Waals surface area (Å²) in [7, 11) is -4.30. The molecule has 72 valence electrons. The van der Waals surface area contributed by atoms with Crippen LogP contribution < -0.4 is 4.57 Å². The third-order valence-electron chi connectivity index (χ3n) is 1.63. The first-order valence-corrected chi connectivity index (χ1v) is 5.40. The molecule has 1 heterocycles. The van der Waals surface area contributed by atoms with Crippen LogP contribution in [-0.2, 0) is 16.7 Å². The molecule has 0 amide bonds. The van der Waals surface area contributed by atoms with E-state index in [0.717, 1.165) is 13.0 Å². The van der Waals surface area contributed by atoms with Gasteiger partial charge in [0, 0.05) is 18.6 Å². The van der Waals surface area contributed by atoms with Crippen molar-refractivity contribution in [3.05, 3.63) is 24.5 Å². The normalized spacial score (nSPS) is 11.5. The number of nitrogens with zero attached hydrogens (tertiary/aromatic N) is 1. The maximum atomic E-state index is 10.5. The SMILES string of the molecule is CCC[n+]1ccc(S(=O)(=O)[O-])cc1. The lowest BCUT2D eigenvalue weighted by atomic mass is 10.4. The third-order valence-corrected chi connectivity index (χ3v) is 2.48. The number of aromatic nitrogens is 1. The quantitative estimate of drug-likeness (QED) is 0.521. The Morgan fingerprint density at radius 2 is 1.92 bits per heavy atom. The van der Waals surface area contributed by atoms with Crippen LogP contribution in [-0.4, -0.2) is 13.0 Å². The summed E-state index contributed by atoms with van der Waals surface area (Å²) in [5.74, 6) is 0.